The Kier molecular flexibility index (Phi) is 5.59. The molecule has 0 aliphatic carbocycles. The molecule has 1 amide bonds. The largest absolute Gasteiger partial charge is 0.496 e. The highest BCUT2D eigenvalue weighted by Gasteiger charge is 2.16. The quantitative estimate of drug-likeness (QED) is 0.873. The molecule has 0 saturated carbocycles. The SMILES string of the molecule is COc1ccccc1C(C)NC(=O)CC(C)c1ccccc1. The molecule has 3 nitrogen and oxygen atoms in total. The lowest BCUT2D eigenvalue weighted by Gasteiger charge is -2.19. The van der Waals surface area contributed by atoms with Crippen molar-refractivity contribution >= 4 is 5.91 Å². The Labute approximate surface area is 132 Å². The van der Waals surface area contributed by atoms with E-state index in [0.29, 0.717) is 6.42 Å². The molecule has 2 aromatic rings. The van der Waals surface area contributed by atoms with Gasteiger partial charge in [-0.15, -0.1) is 0 Å². The van der Waals surface area contributed by atoms with E-state index in [-0.39, 0.29) is 17.9 Å². The lowest BCUT2D eigenvalue weighted by molar-refractivity contribution is -0.122. The highest BCUT2D eigenvalue weighted by molar-refractivity contribution is 5.77. The summed E-state index contributed by atoms with van der Waals surface area (Å²) in [6.07, 6.45) is 0.476. The molecule has 116 valence electrons. The summed E-state index contributed by atoms with van der Waals surface area (Å²) in [5.41, 5.74) is 2.17. The van der Waals surface area contributed by atoms with Crippen molar-refractivity contribution in [1.82, 2.24) is 5.32 Å². The van der Waals surface area contributed by atoms with Gasteiger partial charge in [-0.1, -0.05) is 55.5 Å². The van der Waals surface area contributed by atoms with Gasteiger partial charge < -0.3 is 10.1 Å². The molecular formula is C19H23NO2. The maximum atomic E-state index is 12.3. The number of benzene rings is 2. The minimum absolute atomic E-state index is 0.0507. The Morgan fingerprint density at radius 3 is 2.36 bits per heavy atom. The molecule has 0 saturated heterocycles. The summed E-state index contributed by atoms with van der Waals surface area (Å²) < 4.78 is 5.35. The van der Waals surface area contributed by atoms with E-state index in [1.807, 2.05) is 49.4 Å². The van der Waals surface area contributed by atoms with Crippen molar-refractivity contribution in [3.63, 3.8) is 0 Å². The van der Waals surface area contributed by atoms with Crippen LogP contribution >= 0.6 is 0 Å². The van der Waals surface area contributed by atoms with Crippen molar-refractivity contribution in [2.45, 2.75) is 32.2 Å². The Morgan fingerprint density at radius 2 is 1.68 bits per heavy atom. The van der Waals surface area contributed by atoms with Gasteiger partial charge in [0.25, 0.3) is 0 Å². The van der Waals surface area contributed by atoms with Crippen LogP contribution in [0.25, 0.3) is 0 Å². The molecule has 0 heterocycles. The van der Waals surface area contributed by atoms with Gasteiger partial charge >= 0.3 is 0 Å². The fourth-order valence-corrected chi connectivity index (χ4v) is 2.58. The Morgan fingerprint density at radius 1 is 1.05 bits per heavy atom. The topological polar surface area (TPSA) is 38.3 Å². The maximum Gasteiger partial charge on any atom is 0.221 e. The highest BCUT2D eigenvalue weighted by Crippen LogP contribution is 2.25. The van der Waals surface area contributed by atoms with Gasteiger partial charge in [-0.05, 0) is 24.5 Å². The van der Waals surface area contributed by atoms with E-state index in [1.54, 1.807) is 7.11 Å². The van der Waals surface area contributed by atoms with E-state index in [1.165, 1.54) is 5.56 Å². The van der Waals surface area contributed by atoms with Gasteiger partial charge in [-0.25, -0.2) is 0 Å². The second-order valence-electron chi connectivity index (χ2n) is 5.55. The summed E-state index contributed by atoms with van der Waals surface area (Å²) in [5, 5.41) is 3.05. The lowest BCUT2D eigenvalue weighted by atomic mass is 9.97. The summed E-state index contributed by atoms with van der Waals surface area (Å²) in [5.74, 6) is 1.05. The second-order valence-corrected chi connectivity index (χ2v) is 5.55. The van der Waals surface area contributed by atoms with Gasteiger partial charge in [0.15, 0.2) is 0 Å². The van der Waals surface area contributed by atoms with Crippen molar-refractivity contribution in [1.29, 1.82) is 0 Å². The molecule has 0 aromatic heterocycles. The zero-order valence-corrected chi connectivity index (χ0v) is 13.4. The fraction of sp³-hybridized carbons (Fsp3) is 0.316. The minimum atomic E-state index is -0.0772. The maximum absolute atomic E-state index is 12.3. The normalized spacial score (nSPS) is 13.2. The van der Waals surface area contributed by atoms with Crippen molar-refractivity contribution in [2.75, 3.05) is 7.11 Å². The number of methoxy groups -OCH3 is 1. The molecule has 3 heteroatoms. The molecule has 1 N–H and O–H groups in total. The van der Waals surface area contributed by atoms with Crippen molar-refractivity contribution < 1.29 is 9.53 Å². The lowest BCUT2D eigenvalue weighted by Crippen LogP contribution is -2.27. The molecular weight excluding hydrogens is 274 g/mol. The first-order chi connectivity index (χ1) is 10.6. The summed E-state index contributed by atoms with van der Waals surface area (Å²) in [4.78, 5) is 12.3. The Hall–Kier alpha value is -2.29. The van der Waals surface area contributed by atoms with Crippen LogP contribution in [0.5, 0.6) is 5.75 Å². The molecule has 0 bridgehead atoms. The molecule has 0 fully saturated rings. The van der Waals surface area contributed by atoms with E-state index >= 15 is 0 Å². The predicted octanol–water partition coefficient (Wildman–Crippen LogP) is 4.07. The Balaban J connectivity index is 1.97. The third-order valence-electron chi connectivity index (χ3n) is 3.84. The van der Waals surface area contributed by atoms with Crippen molar-refractivity contribution in [2.24, 2.45) is 0 Å². The first-order valence-electron chi connectivity index (χ1n) is 7.59. The monoisotopic (exact) mass is 297 g/mol. The van der Waals surface area contributed by atoms with E-state index in [0.717, 1.165) is 11.3 Å². The molecule has 2 atom stereocenters. The van der Waals surface area contributed by atoms with Gasteiger partial charge in [-0.2, -0.15) is 0 Å². The number of carbonyl (C=O) groups excluding carboxylic acids is 1. The molecule has 2 aromatic carbocycles. The van der Waals surface area contributed by atoms with E-state index in [2.05, 4.69) is 24.4 Å². The summed E-state index contributed by atoms with van der Waals surface area (Å²) in [6, 6.07) is 17.8. The zero-order valence-electron chi connectivity index (χ0n) is 13.4. The number of ether oxygens (including phenoxy) is 1. The molecule has 0 aliphatic heterocycles. The highest BCUT2D eigenvalue weighted by atomic mass is 16.5. The number of hydrogen-bond donors (Lipinski definition) is 1. The molecule has 2 unspecified atom stereocenters. The van der Waals surface area contributed by atoms with Gasteiger partial charge in [0.2, 0.25) is 5.91 Å². The number of nitrogens with one attached hydrogen (secondary N) is 1. The van der Waals surface area contributed by atoms with Gasteiger partial charge in [0.1, 0.15) is 5.75 Å². The number of amides is 1. The molecule has 22 heavy (non-hydrogen) atoms. The van der Waals surface area contributed by atoms with Crippen LogP contribution in [0.3, 0.4) is 0 Å². The van der Waals surface area contributed by atoms with Crippen LogP contribution in [-0.2, 0) is 4.79 Å². The zero-order chi connectivity index (χ0) is 15.9. The summed E-state index contributed by atoms with van der Waals surface area (Å²) >= 11 is 0. The smallest absolute Gasteiger partial charge is 0.221 e. The number of carbonyl (C=O) groups is 1. The summed E-state index contributed by atoms with van der Waals surface area (Å²) in [6.45, 7) is 4.05. The van der Waals surface area contributed by atoms with Crippen molar-refractivity contribution in [3.05, 3.63) is 65.7 Å². The molecule has 0 aliphatic rings. The van der Waals surface area contributed by atoms with Crippen LogP contribution in [0.2, 0.25) is 0 Å². The van der Waals surface area contributed by atoms with E-state index < -0.39 is 0 Å². The Bertz CT molecular complexity index is 610. The predicted molar refractivity (Wildman–Crippen MR) is 89.0 cm³/mol. The average Bonchev–Trinajstić information content (AvgIpc) is 2.55. The van der Waals surface area contributed by atoms with Crippen LogP contribution in [0.1, 0.15) is 43.4 Å². The first kappa shape index (κ1) is 16.1. The standard InChI is InChI=1S/C19H23NO2/c1-14(16-9-5-4-6-10-16)13-19(21)20-15(2)17-11-7-8-12-18(17)22-3/h4-12,14-15H,13H2,1-3H3,(H,20,21). The first-order valence-corrected chi connectivity index (χ1v) is 7.59. The van der Waals surface area contributed by atoms with Crippen LogP contribution in [0.4, 0.5) is 0 Å². The van der Waals surface area contributed by atoms with Crippen LogP contribution in [0, 0.1) is 0 Å². The van der Waals surface area contributed by atoms with E-state index in [4.69, 9.17) is 4.74 Å². The number of hydrogen-bond acceptors (Lipinski definition) is 2. The van der Waals surface area contributed by atoms with Gasteiger partial charge in [-0.3, -0.25) is 4.79 Å². The molecule has 0 spiro atoms. The summed E-state index contributed by atoms with van der Waals surface area (Å²) in [7, 11) is 1.64. The van der Waals surface area contributed by atoms with Crippen LogP contribution < -0.4 is 10.1 Å². The average molecular weight is 297 g/mol. The third-order valence-corrected chi connectivity index (χ3v) is 3.84. The third kappa shape index (κ3) is 4.10. The second kappa shape index (κ2) is 7.64. The fourth-order valence-electron chi connectivity index (χ4n) is 2.58. The number of rotatable bonds is 6. The van der Waals surface area contributed by atoms with Gasteiger partial charge in [0.05, 0.1) is 13.2 Å². The molecule has 2 rings (SSSR count). The minimum Gasteiger partial charge on any atom is -0.496 e. The number of para-hydroxylation sites is 1. The molecule has 0 radical (unpaired) electrons. The van der Waals surface area contributed by atoms with E-state index in [9.17, 15) is 4.79 Å². The van der Waals surface area contributed by atoms with Crippen LogP contribution in [-0.4, -0.2) is 13.0 Å². The van der Waals surface area contributed by atoms with Crippen LogP contribution in [0.15, 0.2) is 54.6 Å². The van der Waals surface area contributed by atoms with Crippen molar-refractivity contribution in [3.8, 4) is 5.75 Å². The van der Waals surface area contributed by atoms with Gasteiger partial charge in [0, 0.05) is 12.0 Å².